The van der Waals surface area contributed by atoms with Gasteiger partial charge in [0.15, 0.2) is 13.9 Å². The third-order valence-electron chi connectivity index (χ3n) is 11.4. The minimum Gasteiger partial charge on any atom is -0.432 e. The molecule has 0 aliphatic carbocycles. The molecule has 3 aliphatic rings. The van der Waals surface area contributed by atoms with Crippen LogP contribution in [0.15, 0.2) is 107 Å². The Kier molecular flexibility index (Phi) is 12.6. The molecule has 1 spiro atoms. The quantitative estimate of drug-likeness (QED) is 0.130. The number of anilines is 2. The summed E-state index contributed by atoms with van der Waals surface area (Å²) in [6, 6.07) is 25.0. The van der Waals surface area contributed by atoms with E-state index in [1.54, 1.807) is 9.80 Å². The van der Waals surface area contributed by atoms with Crippen LogP contribution >= 0.6 is 0 Å². The van der Waals surface area contributed by atoms with Crippen LogP contribution in [0.1, 0.15) is 76.5 Å². The molecule has 3 amide bonds. The van der Waals surface area contributed by atoms with Crippen LogP contribution in [-0.4, -0.2) is 72.4 Å². The van der Waals surface area contributed by atoms with E-state index in [2.05, 4.69) is 32.9 Å². The Labute approximate surface area is 332 Å². The van der Waals surface area contributed by atoms with Crippen LogP contribution in [0.4, 0.5) is 11.4 Å². The van der Waals surface area contributed by atoms with E-state index in [0.29, 0.717) is 36.4 Å². The summed E-state index contributed by atoms with van der Waals surface area (Å²) < 4.78 is 7.04. The number of fused-ring (bicyclic) bond motifs is 2. The second-order valence-corrected chi connectivity index (χ2v) is 20.2. The molecule has 1 fully saturated rings. The second kappa shape index (κ2) is 17.2. The van der Waals surface area contributed by atoms with E-state index in [-0.39, 0.29) is 43.7 Å². The van der Waals surface area contributed by atoms with Crippen molar-refractivity contribution < 1.29 is 29.0 Å². The first-order valence-electron chi connectivity index (χ1n) is 19.8. The zero-order chi connectivity index (χ0) is 40.2. The highest BCUT2D eigenvalue weighted by molar-refractivity contribution is 6.71. The molecule has 3 aromatic rings. The molecule has 0 radical (unpaired) electrons. The van der Waals surface area contributed by atoms with Crippen molar-refractivity contribution in [2.75, 3.05) is 29.6 Å². The Morgan fingerprint density at radius 3 is 2.36 bits per heavy atom. The van der Waals surface area contributed by atoms with Crippen LogP contribution in [0.25, 0.3) is 0 Å². The van der Waals surface area contributed by atoms with Crippen molar-refractivity contribution >= 4 is 43.1 Å². The van der Waals surface area contributed by atoms with Gasteiger partial charge < -0.3 is 24.4 Å². The maximum absolute atomic E-state index is 15.1. The van der Waals surface area contributed by atoms with E-state index in [9.17, 15) is 19.5 Å². The van der Waals surface area contributed by atoms with Crippen LogP contribution < -0.4 is 9.91 Å². The predicted molar refractivity (Wildman–Crippen MR) is 224 cm³/mol. The SMILES string of the molecule is CC(C)=CCC/C(C)=C/CN1C(=O)[C@]2(O[C@H](CC(=O)N(CCO)Cc3ccccc3)[C@@H]([Si](C)(C)O)[C@@H]2C)c2cc(N3N=C(c4ccccc4)CCC3=O)ccc21. The summed E-state index contributed by atoms with van der Waals surface area (Å²) in [5.41, 5.74) is 4.87. The number of hydrazone groups is 1. The van der Waals surface area contributed by atoms with E-state index < -0.39 is 31.5 Å². The van der Waals surface area contributed by atoms with Gasteiger partial charge in [0.05, 0.1) is 36.2 Å². The normalized spacial score (nSPS) is 22.4. The first-order valence-corrected chi connectivity index (χ1v) is 22.8. The topological polar surface area (TPSA) is 123 Å². The van der Waals surface area contributed by atoms with E-state index in [0.717, 1.165) is 35.3 Å². The third-order valence-corrected chi connectivity index (χ3v) is 13.9. The predicted octanol–water partition coefficient (Wildman–Crippen LogP) is 7.47. The molecular weight excluding hydrogens is 721 g/mol. The molecule has 6 rings (SSSR count). The molecule has 0 saturated carbocycles. The highest BCUT2D eigenvalue weighted by Gasteiger charge is 2.66. The van der Waals surface area contributed by atoms with Crippen molar-refractivity contribution in [3.63, 3.8) is 0 Å². The number of aliphatic hydroxyl groups excluding tert-OH is 1. The number of aliphatic hydroxyl groups is 1. The molecule has 0 bridgehead atoms. The molecule has 56 heavy (non-hydrogen) atoms. The van der Waals surface area contributed by atoms with Gasteiger partial charge in [0, 0.05) is 49.5 Å². The molecule has 3 aromatic carbocycles. The zero-order valence-corrected chi connectivity index (χ0v) is 34.6. The summed E-state index contributed by atoms with van der Waals surface area (Å²) in [5, 5.41) is 16.2. The van der Waals surface area contributed by atoms with Gasteiger partial charge in [0.2, 0.25) is 11.8 Å². The van der Waals surface area contributed by atoms with Crippen molar-refractivity contribution in [2.24, 2.45) is 11.0 Å². The summed E-state index contributed by atoms with van der Waals surface area (Å²) in [7, 11) is -3.09. The fourth-order valence-electron chi connectivity index (χ4n) is 8.63. The first-order chi connectivity index (χ1) is 26.7. The van der Waals surface area contributed by atoms with Crippen LogP contribution in [0.2, 0.25) is 18.6 Å². The fourth-order valence-corrected chi connectivity index (χ4v) is 11.2. The molecule has 1 saturated heterocycles. The van der Waals surface area contributed by atoms with E-state index in [1.807, 2.05) is 98.9 Å². The molecule has 296 valence electrons. The molecular formula is C45H56N4O6Si. The van der Waals surface area contributed by atoms with Crippen LogP contribution in [0.5, 0.6) is 0 Å². The van der Waals surface area contributed by atoms with Gasteiger partial charge in [-0.1, -0.05) is 90.9 Å². The number of rotatable bonds is 14. The van der Waals surface area contributed by atoms with Crippen LogP contribution in [0.3, 0.4) is 0 Å². The van der Waals surface area contributed by atoms with Gasteiger partial charge in [0.1, 0.15) is 0 Å². The number of ether oxygens (including phenoxy) is 1. The Morgan fingerprint density at radius 1 is 1.00 bits per heavy atom. The van der Waals surface area contributed by atoms with Gasteiger partial charge in [-0.05, 0) is 76.0 Å². The summed E-state index contributed by atoms with van der Waals surface area (Å²) in [6.45, 7) is 12.4. The number of carbonyl (C=O) groups excluding carboxylic acids is 3. The largest absolute Gasteiger partial charge is 0.432 e. The third kappa shape index (κ3) is 8.51. The zero-order valence-electron chi connectivity index (χ0n) is 33.6. The minimum absolute atomic E-state index is 0.0679. The molecule has 10 nitrogen and oxygen atoms in total. The smallest absolute Gasteiger partial charge is 0.264 e. The summed E-state index contributed by atoms with van der Waals surface area (Å²) in [4.78, 5) is 58.0. The lowest BCUT2D eigenvalue weighted by Crippen LogP contribution is -2.46. The monoisotopic (exact) mass is 776 g/mol. The van der Waals surface area contributed by atoms with Crippen molar-refractivity contribution in [2.45, 2.75) is 96.7 Å². The number of amides is 3. The van der Waals surface area contributed by atoms with Gasteiger partial charge in [0.25, 0.3) is 5.91 Å². The summed E-state index contributed by atoms with van der Waals surface area (Å²) in [5.74, 6) is -1.14. The lowest BCUT2D eigenvalue weighted by Gasteiger charge is -2.33. The Hall–Kier alpha value is -4.68. The van der Waals surface area contributed by atoms with Crippen molar-refractivity contribution in [3.05, 3.63) is 119 Å². The highest BCUT2D eigenvalue weighted by atomic mass is 28.4. The highest BCUT2D eigenvalue weighted by Crippen LogP contribution is 2.60. The van der Waals surface area contributed by atoms with Gasteiger partial charge in [-0.2, -0.15) is 5.10 Å². The second-order valence-electron chi connectivity index (χ2n) is 16.2. The van der Waals surface area contributed by atoms with E-state index in [1.165, 1.54) is 10.6 Å². The summed E-state index contributed by atoms with van der Waals surface area (Å²) >= 11 is 0. The molecule has 0 unspecified atom stereocenters. The molecule has 0 aromatic heterocycles. The average Bonchev–Trinajstić information content (AvgIpc) is 3.59. The van der Waals surface area contributed by atoms with Crippen molar-refractivity contribution in [1.82, 2.24) is 4.90 Å². The summed E-state index contributed by atoms with van der Waals surface area (Å²) in [6.07, 6.45) is 6.01. The van der Waals surface area contributed by atoms with Gasteiger partial charge in [-0.3, -0.25) is 14.4 Å². The fraction of sp³-hybridized carbons (Fsp3) is 0.422. The van der Waals surface area contributed by atoms with Gasteiger partial charge >= 0.3 is 0 Å². The van der Waals surface area contributed by atoms with Gasteiger partial charge in [-0.25, -0.2) is 5.01 Å². The average molecular weight is 777 g/mol. The van der Waals surface area contributed by atoms with Gasteiger partial charge in [-0.15, -0.1) is 0 Å². The first kappa shape index (κ1) is 41.0. The number of nitrogens with zero attached hydrogens (tertiary/aromatic N) is 4. The van der Waals surface area contributed by atoms with Crippen LogP contribution in [0, 0.1) is 5.92 Å². The lowest BCUT2D eigenvalue weighted by atomic mass is 9.82. The Morgan fingerprint density at radius 2 is 1.70 bits per heavy atom. The number of hydrogen-bond donors (Lipinski definition) is 2. The lowest BCUT2D eigenvalue weighted by molar-refractivity contribution is -0.149. The van der Waals surface area contributed by atoms with Crippen LogP contribution in [-0.2, 0) is 31.3 Å². The minimum atomic E-state index is -3.09. The van der Waals surface area contributed by atoms with E-state index in [4.69, 9.17) is 9.84 Å². The number of hydrogen-bond acceptors (Lipinski definition) is 7. The molecule has 2 N–H and O–H groups in total. The Balaban J connectivity index is 1.41. The van der Waals surface area contributed by atoms with Crippen molar-refractivity contribution in [1.29, 1.82) is 0 Å². The number of allylic oxidation sites excluding steroid dienone is 3. The molecule has 3 heterocycles. The molecule has 4 atom stereocenters. The molecule has 3 aliphatic heterocycles. The Bertz CT molecular complexity index is 2010. The standard InChI is InChI=1S/C45H56N4O6Si/c1-31(2)14-13-15-32(3)24-25-48-39-22-20-36(49-41(51)23-21-38(46-49)35-18-11-8-12-19-35)28-37(39)45(44(48)53)33(4)43(56(5,6)54)40(55-45)29-42(52)47(26-27-50)30-34-16-9-7-10-17-34/h7-12,14,16-20,22,24,28,33,40,43,50,54H,13,15,21,23,25-27,29-30H2,1-6H3/b32-24+/t33-,40+,43-,45+/m0/s1. The maximum Gasteiger partial charge on any atom is 0.264 e. The molecule has 11 heteroatoms. The number of carbonyl (C=O) groups is 3. The maximum atomic E-state index is 15.1. The van der Waals surface area contributed by atoms with Crippen molar-refractivity contribution in [3.8, 4) is 0 Å². The van der Waals surface area contributed by atoms with E-state index >= 15 is 4.79 Å². The number of benzene rings is 3.